The number of hydrogen-bond donors (Lipinski definition) is 1. The number of nitrogens with zero attached hydrogens (tertiary/aromatic N) is 2. The highest BCUT2D eigenvalue weighted by Crippen LogP contribution is 2.19. The Balaban J connectivity index is 2.38. The van der Waals surface area contributed by atoms with Crippen LogP contribution in [0.15, 0.2) is 4.52 Å². The number of amides is 1. The molecule has 108 valence electrons. The van der Waals surface area contributed by atoms with Crippen LogP contribution in [0.25, 0.3) is 0 Å². The molecule has 0 fully saturated rings. The fourth-order valence-electron chi connectivity index (χ4n) is 1.25. The monoisotopic (exact) mass is 269 g/mol. The molecule has 0 saturated heterocycles. The second kappa shape index (κ2) is 5.59. The second-order valence-electron chi connectivity index (χ2n) is 6.44. The summed E-state index contributed by atoms with van der Waals surface area (Å²) < 4.78 is 10.3. The van der Waals surface area contributed by atoms with Gasteiger partial charge in [-0.15, -0.1) is 0 Å². The molecule has 0 unspecified atom stereocenters. The van der Waals surface area contributed by atoms with Crippen LogP contribution in [-0.2, 0) is 16.6 Å². The Bertz CT molecular complexity index is 427. The van der Waals surface area contributed by atoms with Crippen molar-refractivity contribution in [1.82, 2.24) is 15.5 Å². The van der Waals surface area contributed by atoms with Crippen molar-refractivity contribution in [3.05, 3.63) is 11.7 Å². The topological polar surface area (TPSA) is 77.2 Å². The van der Waals surface area contributed by atoms with Crippen LogP contribution in [-0.4, -0.2) is 28.4 Å². The van der Waals surface area contributed by atoms with E-state index in [4.69, 9.17) is 9.26 Å². The van der Waals surface area contributed by atoms with Crippen molar-refractivity contribution in [2.75, 3.05) is 6.54 Å². The van der Waals surface area contributed by atoms with Crippen LogP contribution in [0.2, 0.25) is 0 Å². The zero-order chi connectivity index (χ0) is 14.7. The number of carbonyl (C=O) groups excluding carboxylic acids is 1. The lowest BCUT2D eigenvalue weighted by atomic mass is 9.97. The van der Waals surface area contributed by atoms with Crippen LogP contribution in [0, 0.1) is 0 Å². The van der Waals surface area contributed by atoms with Gasteiger partial charge in [0.25, 0.3) is 0 Å². The van der Waals surface area contributed by atoms with Gasteiger partial charge in [0, 0.05) is 18.4 Å². The first-order valence-electron chi connectivity index (χ1n) is 6.38. The first kappa shape index (κ1) is 15.5. The lowest BCUT2D eigenvalue weighted by Crippen LogP contribution is -2.33. The lowest BCUT2D eigenvalue weighted by Gasteiger charge is -2.19. The average Bonchev–Trinajstić information content (AvgIpc) is 2.62. The van der Waals surface area contributed by atoms with E-state index in [0.29, 0.717) is 24.7 Å². The second-order valence-corrected chi connectivity index (χ2v) is 6.44. The van der Waals surface area contributed by atoms with E-state index in [2.05, 4.69) is 15.5 Å². The minimum Gasteiger partial charge on any atom is -0.444 e. The number of rotatable bonds is 3. The smallest absolute Gasteiger partial charge is 0.407 e. The fourth-order valence-corrected chi connectivity index (χ4v) is 1.25. The van der Waals surface area contributed by atoms with Gasteiger partial charge in [0.1, 0.15) is 5.60 Å². The molecule has 0 aliphatic carbocycles. The van der Waals surface area contributed by atoms with Crippen molar-refractivity contribution in [1.29, 1.82) is 0 Å². The Hall–Kier alpha value is -1.59. The maximum atomic E-state index is 11.4. The summed E-state index contributed by atoms with van der Waals surface area (Å²) in [6.45, 7) is 11.9. The Morgan fingerprint density at radius 1 is 1.26 bits per heavy atom. The van der Waals surface area contributed by atoms with Crippen molar-refractivity contribution in [3.63, 3.8) is 0 Å². The maximum absolute atomic E-state index is 11.4. The molecule has 0 spiro atoms. The molecule has 6 heteroatoms. The molecule has 0 atom stereocenters. The zero-order valence-electron chi connectivity index (χ0n) is 12.5. The standard InChI is InChI=1S/C13H23N3O3/c1-12(2,3)10-15-9(16-19-10)7-8-14-11(17)18-13(4,5)6/h7-8H2,1-6H3,(H,14,17). The summed E-state index contributed by atoms with van der Waals surface area (Å²) in [4.78, 5) is 15.7. The van der Waals surface area contributed by atoms with Crippen LogP contribution in [0.3, 0.4) is 0 Å². The van der Waals surface area contributed by atoms with E-state index in [0.717, 1.165) is 0 Å². The summed E-state index contributed by atoms with van der Waals surface area (Å²) in [6.07, 6.45) is 0.0748. The molecule has 1 heterocycles. The molecule has 0 aromatic carbocycles. The predicted molar refractivity (Wildman–Crippen MR) is 70.9 cm³/mol. The van der Waals surface area contributed by atoms with E-state index in [1.807, 2.05) is 41.5 Å². The number of aromatic nitrogens is 2. The first-order chi connectivity index (χ1) is 8.58. The normalized spacial score (nSPS) is 12.3. The minimum atomic E-state index is -0.490. The Kier molecular flexibility index (Phi) is 4.55. The molecule has 1 amide bonds. The Morgan fingerprint density at radius 2 is 1.89 bits per heavy atom. The quantitative estimate of drug-likeness (QED) is 0.911. The van der Waals surface area contributed by atoms with E-state index in [1.54, 1.807) is 0 Å². The first-order valence-corrected chi connectivity index (χ1v) is 6.38. The molecule has 19 heavy (non-hydrogen) atoms. The third-order valence-corrected chi connectivity index (χ3v) is 2.13. The van der Waals surface area contributed by atoms with Gasteiger partial charge in [0.05, 0.1) is 0 Å². The number of carbonyl (C=O) groups is 1. The van der Waals surface area contributed by atoms with E-state index in [-0.39, 0.29) is 5.41 Å². The van der Waals surface area contributed by atoms with Gasteiger partial charge in [0.15, 0.2) is 5.82 Å². The number of hydrogen-bond acceptors (Lipinski definition) is 5. The fraction of sp³-hybridized carbons (Fsp3) is 0.769. The van der Waals surface area contributed by atoms with E-state index >= 15 is 0 Å². The van der Waals surface area contributed by atoms with Crippen molar-refractivity contribution in [2.45, 2.75) is 59.0 Å². The Labute approximate surface area is 113 Å². The maximum Gasteiger partial charge on any atom is 0.407 e. The van der Waals surface area contributed by atoms with E-state index in [9.17, 15) is 4.79 Å². The third kappa shape index (κ3) is 5.72. The van der Waals surface area contributed by atoms with Crippen LogP contribution in [0.5, 0.6) is 0 Å². The summed E-state index contributed by atoms with van der Waals surface area (Å²) in [6, 6.07) is 0. The van der Waals surface area contributed by atoms with Crippen LogP contribution < -0.4 is 5.32 Å². The molecule has 0 radical (unpaired) electrons. The van der Waals surface area contributed by atoms with Crippen molar-refractivity contribution in [3.8, 4) is 0 Å². The molecule has 0 aliphatic rings. The Morgan fingerprint density at radius 3 is 2.37 bits per heavy atom. The minimum absolute atomic E-state index is 0.163. The molecule has 0 aliphatic heterocycles. The highest BCUT2D eigenvalue weighted by atomic mass is 16.6. The lowest BCUT2D eigenvalue weighted by molar-refractivity contribution is 0.0528. The predicted octanol–water partition coefficient (Wildman–Crippen LogP) is 2.43. The van der Waals surface area contributed by atoms with Gasteiger partial charge >= 0.3 is 6.09 Å². The molecule has 0 bridgehead atoms. The van der Waals surface area contributed by atoms with Crippen molar-refractivity contribution < 1.29 is 14.1 Å². The molecular formula is C13H23N3O3. The van der Waals surface area contributed by atoms with Crippen LogP contribution in [0.1, 0.15) is 53.3 Å². The van der Waals surface area contributed by atoms with Gasteiger partial charge in [0.2, 0.25) is 5.89 Å². The molecule has 1 N–H and O–H groups in total. The molecule has 1 aromatic heterocycles. The van der Waals surface area contributed by atoms with Gasteiger partial charge < -0.3 is 14.6 Å². The zero-order valence-corrected chi connectivity index (χ0v) is 12.5. The highest BCUT2D eigenvalue weighted by Gasteiger charge is 2.21. The average molecular weight is 269 g/mol. The summed E-state index contributed by atoms with van der Waals surface area (Å²) in [5.41, 5.74) is -0.653. The van der Waals surface area contributed by atoms with E-state index in [1.165, 1.54) is 0 Å². The number of nitrogens with one attached hydrogen (secondary N) is 1. The van der Waals surface area contributed by atoms with E-state index < -0.39 is 11.7 Å². The molecule has 1 rings (SSSR count). The van der Waals surface area contributed by atoms with Crippen molar-refractivity contribution in [2.24, 2.45) is 0 Å². The van der Waals surface area contributed by atoms with Gasteiger partial charge in [-0.25, -0.2) is 4.79 Å². The number of ether oxygens (including phenoxy) is 1. The van der Waals surface area contributed by atoms with Crippen LogP contribution >= 0.6 is 0 Å². The van der Waals surface area contributed by atoms with Gasteiger partial charge in [-0.1, -0.05) is 25.9 Å². The van der Waals surface area contributed by atoms with Crippen molar-refractivity contribution >= 4 is 6.09 Å². The SMILES string of the molecule is CC(C)(C)OC(=O)NCCc1noc(C(C)(C)C)n1. The summed E-state index contributed by atoms with van der Waals surface area (Å²) in [5.74, 6) is 1.18. The summed E-state index contributed by atoms with van der Waals surface area (Å²) in [7, 11) is 0. The molecule has 0 saturated carbocycles. The van der Waals surface area contributed by atoms with Gasteiger partial charge in [-0.2, -0.15) is 4.98 Å². The summed E-state index contributed by atoms with van der Waals surface area (Å²) in [5, 5.41) is 6.53. The number of alkyl carbamates (subject to hydrolysis) is 1. The molecule has 6 nitrogen and oxygen atoms in total. The largest absolute Gasteiger partial charge is 0.444 e. The highest BCUT2D eigenvalue weighted by molar-refractivity contribution is 5.67. The van der Waals surface area contributed by atoms with Gasteiger partial charge in [-0.05, 0) is 20.8 Å². The molecular weight excluding hydrogens is 246 g/mol. The molecule has 1 aromatic rings. The van der Waals surface area contributed by atoms with Gasteiger partial charge in [-0.3, -0.25) is 0 Å². The third-order valence-electron chi connectivity index (χ3n) is 2.13. The van der Waals surface area contributed by atoms with Crippen LogP contribution in [0.4, 0.5) is 4.79 Å². The summed E-state index contributed by atoms with van der Waals surface area (Å²) >= 11 is 0.